The first kappa shape index (κ1) is 24.1. The van der Waals surface area contributed by atoms with E-state index in [9.17, 15) is 4.79 Å². The molecule has 0 bridgehead atoms. The van der Waals surface area contributed by atoms with Crippen LogP contribution >= 0.6 is 0 Å². The van der Waals surface area contributed by atoms with Gasteiger partial charge in [-0.05, 0) is 97.2 Å². The van der Waals surface area contributed by atoms with Crippen LogP contribution in [0, 0.1) is 5.92 Å². The largest absolute Gasteiger partial charge is 0.497 e. The highest BCUT2D eigenvalue weighted by Gasteiger charge is 2.28. The number of carbonyl (C=O) groups is 1. The average Bonchev–Trinajstić information content (AvgIpc) is 3.40. The maximum absolute atomic E-state index is 13.1. The van der Waals surface area contributed by atoms with Crippen molar-refractivity contribution in [1.82, 2.24) is 9.80 Å². The Balaban J connectivity index is 0.976. The molecule has 3 aromatic rings. The van der Waals surface area contributed by atoms with Gasteiger partial charge in [0.25, 0.3) is 5.91 Å². The van der Waals surface area contributed by atoms with E-state index in [-0.39, 0.29) is 12.7 Å². The van der Waals surface area contributed by atoms with Crippen LogP contribution in [0.2, 0.25) is 0 Å². The Labute approximate surface area is 219 Å². The van der Waals surface area contributed by atoms with E-state index in [0.29, 0.717) is 5.75 Å². The smallest absolute Gasteiger partial charge is 0.254 e. The fourth-order valence-electron chi connectivity index (χ4n) is 6.13. The zero-order valence-electron chi connectivity index (χ0n) is 21.7. The van der Waals surface area contributed by atoms with E-state index in [1.807, 2.05) is 23.1 Å². The van der Waals surface area contributed by atoms with Crippen molar-refractivity contribution >= 4 is 16.7 Å². The second-order valence-electron chi connectivity index (χ2n) is 10.7. The summed E-state index contributed by atoms with van der Waals surface area (Å²) in [5, 5.41) is 2.50. The van der Waals surface area contributed by atoms with Gasteiger partial charge < -0.3 is 24.0 Å². The number of methoxy groups -OCH3 is 1. The number of hydrogen-bond donors (Lipinski definition) is 0. The van der Waals surface area contributed by atoms with Gasteiger partial charge in [0.2, 0.25) is 6.79 Å². The monoisotopic (exact) mass is 500 g/mol. The van der Waals surface area contributed by atoms with Crippen molar-refractivity contribution in [3.63, 3.8) is 0 Å². The van der Waals surface area contributed by atoms with Crippen LogP contribution in [0.5, 0.6) is 17.2 Å². The summed E-state index contributed by atoms with van der Waals surface area (Å²) in [5.74, 6) is 3.22. The molecule has 1 amide bonds. The minimum atomic E-state index is 0.138. The number of fused-ring (bicyclic) bond motifs is 3. The Morgan fingerprint density at radius 1 is 0.973 bits per heavy atom. The second-order valence-corrected chi connectivity index (χ2v) is 10.7. The molecule has 37 heavy (non-hydrogen) atoms. The van der Waals surface area contributed by atoms with Gasteiger partial charge in [-0.15, -0.1) is 0 Å². The summed E-state index contributed by atoms with van der Waals surface area (Å²) in [6.07, 6.45) is 6.79. The first-order valence-electron chi connectivity index (χ1n) is 13.7. The zero-order chi connectivity index (χ0) is 25.2. The number of benzene rings is 3. The van der Waals surface area contributed by atoms with Crippen molar-refractivity contribution in [1.29, 1.82) is 0 Å². The standard InChI is InChI=1S/C31H36N2O4/c1-35-27-9-8-24-16-22(6-7-25(24)17-27)10-14-32-12-2-4-23(20-32)5-3-13-33-15-11-26-18-29-30(37-21-36-29)19-28(26)31(33)34/h6-9,16-19,23H,2-5,10-15,20-21H2,1H3. The molecule has 3 aliphatic rings. The van der Waals surface area contributed by atoms with Crippen LogP contribution in [0.4, 0.5) is 0 Å². The lowest BCUT2D eigenvalue weighted by atomic mass is 9.92. The van der Waals surface area contributed by atoms with E-state index in [1.165, 1.54) is 48.7 Å². The molecule has 0 saturated carbocycles. The summed E-state index contributed by atoms with van der Waals surface area (Å²) >= 11 is 0. The molecule has 6 nitrogen and oxygen atoms in total. The summed E-state index contributed by atoms with van der Waals surface area (Å²) in [6, 6.07) is 16.9. The maximum Gasteiger partial charge on any atom is 0.254 e. The number of piperidine rings is 1. The molecule has 1 atom stereocenters. The summed E-state index contributed by atoms with van der Waals surface area (Å²) in [5.41, 5.74) is 3.26. The molecule has 0 N–H and O–H groups in total. The van der Waals surface area contributed by atoms with Crippen molar-refractivity contribution in [3.05, 3.63) is 65.2 Å². The Hall–Kier alpha value is -3.25. The molecule has 0 aromatic heterocycles. The molecule has 6 rings (SSSR count). The van der Waals surface area contributed by atoms with E-state index in [1.54, 1.807) is 7.11 Å². The molecule has 0 spiro atoms. The molecule has 1 unspecified atom stereocenters. The molecule has 0 radical (unpaired) electrons. The van der Waals surface area contributed by atoms with E-state index < -0.39 is 0 Å². The van der Waals surface area contributed by atoms with Gasteiger partial charge in [-0.3, -0.25) is 4.79 Å². The lowest BCUT2D eigenvalue weighted by Crippen LogP contribution is -2.39. The molecule has 3 aromatic carbocycles. The molecule has 0 aliphatic carbocycles. The first-order valence-corrected chi connectivity index (χ1v) is 13.7. The van der Waals surface area contributed by atoms with Crippen molar-refractivity contribution in [2.75, 3.05) is 46.6 Å². The predicted molar refractivity (Wildman–Crippen MR) is 145 cm³/mol. The summed E-state index contributed by atoms with van der Waals surface area (Å²) < 4.78 is 16.3. The van der Waals surface area contributed by atoms with Crippen LogP contribution in [0.1, 0.15) is 47.2 Å². The Morgan fingerprint density at radius 3 is 2.70 bits per heavy atom. The van der Waals surface area contributed by atoms with Crippen LogP contribution in [-0.2, 0) is 12.8 Å². The Kier molecular flexibility index (Phi) is 6.92. The third kappa shape index (κ3) is 5.26. The summed E-state index contributed by atoms with van der Waals surface area (Å²) in [4.78, 5) is 17.8. The zero-order valence-corrected chi connectivity index (χ0v) is 21.7. The van der Waals surface area contributed by atoms with Gasteiger partial charge in [0, 0.05) is 31.7 Å². The number of nitrogens with zero attached hydrogens (tertiary/aromatic N) is 2. The van der Waals surface area contributed by atoms with E-state index in [4.69, 9.17) is 14.2 Å². The average molecular weight is 501 g/mol. The van der Waals surface area contributed by atoms with Crippen molar-refractivity contribution < 1.29 is 19.0 Å². The van der Waals surface area contributed by atoms with Gasteiger partial charge >= 0.3 is 0 Å². The first-order chi connectivity index (χ1) is 18.2. The fourth-order valence-corrected chi connectivity index (χ4v) is 6.13. The second kappa shape index (κ2) is 10.6. The molecule has 3 heterocycles. The summed E-state index contributed by atoms with van der Waals surface area (Å²) in [6.45, 7) is 5.35. The molecule has 6 heteroatoms. The van der Waals surface area contributed by atoms with Gasteiger partial charge in [-0.1, -0.05) is 24.3 Å². The van der Waals surface area contributed by atoms with Gasteiger partial charge in [0.05, 0.1) is 7.11 Å². The van der Waals surface area contributed by atoms with E-state index in [0.717, 1.165) is 67.4 Å². The minimum Gasteiger partial charge on any atom is -0.497 e. The van der Waals surface area contributed by atoms with Crippen LogP contribution in [0.15, 0.2) is 48.5 Å². The van der Waals surface area contributed by atoms with E-state index >= 15 is 0 Å². The number of rotatable bonds is 8. The molecular formula is C31H36N2O4. The third-order valence-electron chi connectivity index (χ3n) is 8.24. The lowest BCUT2D eigenvalue weighted by molar-refractivity contribution is 0.0730. The maximum atomic E-state index is 13.1. The molecule has 1 saturated heterocycles. The normalized spacial score (nSPS) is 19.3. The molecular weight excluding hydrogens is 464 g/mol. The van der Waals surface area contributed by atoms with Gasteiger partial charge in [0.1, 0.15) is 5.75 Å². The van der Waals surface area contributed by atoms with Crippen molar-refractivity contribution in [2.45, 2.75) is 38.5 Å². The Morgan fingerprint density at radius 2 is 1.81 bits per heavy atom. The quantitative estimate of drug-likeness (QED) is 0.420. The van der Waals surface area contributed by atoms with Crippen molar-refractivity contribution in [3.8, 4) is 17.2 Å². The van der Waals surface area contributed by atoms with Crippen LogP contribution < -0.4 is 14.2 Å². The van der Waals surface area contributed by atoms with Crippen LogP contribution in [0.3, 0.4) is 0 Å². The topological polar surface area (TPSA) is 51.2 Å². The number of amides is 1. The predicted octanol–water partition coefficient (Wildman–Crippen LogP) is 5.31. The molecule has 194 valence electrons. The highest BCUT2D eigenvalue weighted by atomic mass is 16.7. The van der Waals surface area contributed by atoms with Gasteiger partial charge in [-0.25, -0.2) is 0 Å². The Bertz CT molecular complexity index is 1290. The molecule has 3 aliphatic heterocycles. The van der Waals surface area contributed by atoms with Crippen LogP contribution in [-0.4, -0.2) is 62.3 Å². The van der Waals surface area contributed by atoms with Gasteiger partial charge in [0.15, 0.2) is 11.5 Å². The SMILES string of the molecule is COc1ccc2cc(CCN3CCCC(CCCN4CCc5cc6c(cc5C4=O)OCO6)C3)ccc2c1. The number of carbonyl (C=O) groups excluding carboxylic acids is 1. The third-order valence-corrected chi connectivity index (χ3v) is 8.24. The molecule has 1 fully saturated rings. The lowest BCUT2D eigenvalue weighted by Gasteiger charge is -2.34. The van der Waals surface area contributed by atoms with E-state index in [2.05, 4.69) is 35.2 Å². The number of ether oxygens (including phenoxy) is 3. The van der Waals surface area contributed by atoms with Crippen molar-refractivity contribution in [2.24, 2.45) is 5.92 Å². The number of hydrogen-bond acceptors (Lipinski definition) is 5. The highest BCUT2D eigenvalue weighted by molar-refractivity contribution is 5.97. The highest BCUT2D eigenvalue weighted by Crippen LogP contribution is 2.37. The minimum absolute atomic E-state index is 0.138. The number of likely N-dealkylation sites (tertiary alicyclic amines) is 1. The van der Waals surface area contributed by atoms with Gasteiger partial charge in [-0.2, -0.15) is 0 Å². The summed E-state index contributed by atoms with van der Waals surface area (Å²) in [7, 11) is 1.71. The van der Waals surface area contributed by atoms with Crippen LogP contribution in [0.25, 0.3) is 10.8 Å². The fraction of sp³-hybridized carbons (Fsp3) is 0.452.